The highest BCUT2D eigenvalue weighted by molar-refractivity contribution is 5.97. The summed E-state index contributed by atoms with van der Waals surface area (Å²) in [5.74, 6) is 0.514. The molecule has 2 aromatic rings. The Labute approximate surface area is 183 Å². The third kappa shape index (κ3) is 6.47. The highest BCUT2D eigenvalue weighted by Crippen LogP contribution is 2.24. The smallest absolute Gasteiger partial charge is 0.262 e. The molecule has 2 amide bonds. The van der Waals surface area contributed by atoms with Crippen LogP contribution in [-0.4, -0.2) is 51.4 Å². The number of methoxy groups -OCH3 is 2. The second kappa shape index (κ2) is 11.6. The summed E-state index contributed by atoms with van der Waals surface area (Å²) in [6, 6.07) is 11.7. The van der Waals surface area contributed by atoms with E-state index < -0.39 is 11.9 Å². The van der Waals surface area contributed by atoms with Crippen molar-refractivity contribution in [2.75, 3.05) is 32.2 Å². The predicted molar refractivity (Wildman–Crippen MR) is 122 cm³/mol. The van der Waals surface area contributed by atoms with Gasteiger partial charge in [-0.25, -0.2) is 5.43 Å². The van der Waals surface area contributed by atoms with Gasteiger partial charge in [0.25, 0.3) is 11.8 Å². The number of hydrazone groups is 1. The Bertz CT molecular complexity index is 908. The van der Waals surface area contributed by atoms with Crippen molar-refractivity contribution in [3.05, 3.63) is 53.6 Å². The van der Waals surface area contributed by atoms with Crippen LogP contribution in [-0.2, 0) is 4.79 Å². The van der Waals surface area contributed by atoms with Crippen molar-refractivity contribution >= 4 is 23.7 Å². The number of carbonyl (C=O) groups is 2. The van der Waals surface area contributed by atoms with E-state index in [0.29, 0.717) is 17.1 Å². The van der Waals surface area contributed by atoms with Crippen LogP contribution in [0.25, 0.3) is 0 Å². The van der Waals surface area contributed by atoms with Gasteiger partial charge >= 0.3 is 0 Å². The Morgan fingerprint density at radius 3 is 2.32 bits per heavy atom. The molecular weight excluding hydrogens is 396 g/mol. The first-order valence-corrected chi connectivity index (χ1v) is 10.1. The average molecular weight is 427 g/mol. The first-order chi connectivity index (χ1) is 14.9. The lowest BCUT2D eigenvalue weighted by Gasteiger charge is -2.22. The molecule has 2 N–H and O–H groups in total. The maximum absolute atomic E-state index is 12.3. The van der Waals surface area contributed by atoms with Gasteiger partial charge in [-0.3, -0.25) is 9.59 Å². The van der Waals surface area contributed by atoms with Gasteiger partial charge < -0.3 is 19.7 Å². The zero-order chi connectivity index (χ0) is 22.8. The van der Waals surface area contributed by atoms with Gasteiger partial charge in [-0.05, 0) is 57.2 Å². The number of anilines is 1. The molecule has 0 spiro atoms. The molecule has 0 bridgehead atoms. The van der Waals surface area contributed by atoms with Crippen molar-refractivity contribution in [2.24, 2.45) is 5.10 Å². The summed E-state index contributed by atoms with van der Waals surface area (Å²) >= 11 is 0. The first kappa shape index (κ1) is 23.7. The van der Waals surface area contributed by atoms with E-state index in [1.165, 1.54) is 6.21 Å². The van der Waals surface area contributed by atoms with Gasteiger partial charge in [-0.1, -0.05) is 0 Å². The van der Waals surface area contributed by atoms with E-state index in [-0.39, 0.29) is 5.91 Å². The van der Waals surface area contributed by atoms with E-state index in [1.54, 1.807) is 45.4 Å². The van der Waals surface area contributed by atoms with Crippen LogP contribution in [0.1, 0.15) is 36.7 Å². The van der Waals surface area contributed by atoms with Gasteiger partial charge in [0.15, 0.2) is 0 Å². The molecule has 0 aliphatic carbocycles. The van der Waals surface area contributed by atoms with Crippen LogP contribution in [0.2, 0.25) is 0 Å². The number of nitrogens with zero attached hydrogens (tertiary/aromatic N) is 2. The van der Waals surface area contributed by atoms with E-state index in [4.69, 9.17) is 9.47 Å². The molecule has 166 valence electrons. The van der Waals surface area contributed by atoms with Gasteiger partial charge in [0.1, 0.15) is 17.5 Å². The molecule has 2 aromatic carbocycles. The molecule has 0 saturated carbocycles. The molecule has 0 heterocycles. The summed E-state index contributed by atoms with van der Waals surface area (Å²) in [5, 5.41) is 6.64. The minimum atomic E-state index is -0.765. The highest BCUT2D eigenvalue weighted by atomic mass is 16.5. The fraction of sp³-hybridized carbons (Fsp3) is 0.348. The minimum absolute atomic E-state index is 0.358. The Morgan fingerprint density at radius 2 is 1.74 bits per heavy atom. The molecule has 8 nitrogen and oxygen atoms in total. The van der Waals surface area contributed by atoms with Crippen molar-refractivity contribution < 1.29 is 19.1 Å². The summed E-state index contributed by atoms with van der Waals surface area (Å²) in [5.41, 5.74) is 4.66. The molecule has 0 fully saturated rings. The average Bonchev–Trinajstić information content (AvgIpc) is 2.80. The van der Waals surface area contributed by atoms with Crippen LogP contribution in [0.4, 0.5) is 5.69 Å². The third-order valence-corrected chi connectivity index (χ3v) is 4.82. The number of benzene rings is 2. The van der Waals surface area contributed by atoms with Crippen LogP contribution in [0.3, 0.4) is 0 Å². The standard InChI is InChI=1S/C23H30N4O4/c1-6-27(7-2)19-11-8-18(21(14-19)31-5)15-24-26-22(28)16(3)25-23(29)17-9-12-20(30-4)13-10-17/h8-16H,6-7H2,1-5H3,(H,25,29)(H,26,28). The number of carbonyl (C=O) groups excluding carboxylic acids is 2. The van der Waals surface area contributed by atoms with Crippen molar-refractivity contribution in [2.45, 2.75) is 26.8 Å². The van der Waals surface area contributed by atoms with E-state index in [1.807, 2.05) is 18.2 Å². The van der Waals surface area contributed by atoms with Crippen molar-refractivity contribution in [3.63, 3.8) is 0 Å². The summed E-state index contributed by atoms with van der Waals surface area (Å²) in [6.07, 6.45) is 1.51. The van der Waals surface area contributed by atoms with Crippen LogP contribution < -0.4 is 25.1 Å². The lowest BCUT2D eigenvalue weighted by molar-refractivity contribution is -0.122. The molecular formula is C23H30N4O4. The van der Waals surface area contributed by atoms with Gasteiger partial charge in [-0.15, -0.1) is 0 Å². The second-order valence-corrected chi connectivity index (χ2v) is 6.76. The van der Waals surface area contributed by atoms with E-state index in [9.17, 15) is 9.59 Å². The van der Waals surface area contributed by atoms with Crippen LogP contribution in [0.5, 0.6) is 11.5 Å². The molecule has 8 heteroatoms. The molecule has 0 aromatic heterocycles. The number of ether oxygens (including phenoxy) is 2. The van der Waals surface area contributed by atoms with Crippen LogP contribution in [0.15, 0.2) is 47.6 Å². The van der Waals surface area contributed by atoms with E-state index in [2.05, 4.69) is 34.6 Å². The third-order valence-electron chi connectivity index (χ3n) is 4.82. The quantitative estimate of drug-likeness (QED) is 0.450. The Hall–Kier alpha value is -3.55. The Kier molecular flexibility index (Phi) is 8.87. The topological polar surface area (TPSA) is 92.3 Å². The van der Waals surface area contributed by atoms with Gasteiger partial charge in [0.05, 0.1) is 20.4 Å². The minimum Gasteiger partial charge on any atom is -0.497 e. The zero-order valence-corrected chi connectivity index (χ0v) is 18.6. The van der Waals surface area contributed by atoms with Crippen LogP contribution >= 0.6 is 0 Å². The fourth-order valence-electron chi connectivity index (χ4n) is 2.94. The summed E-state index contributed by atoms with van der Waals surface area (Å²) < 4.78 is 10.5. The van der Waals surface area contributed by atoms with E-state index >= 15 is 0 Å². The molecule has 0 aliphatic heterocycles. The number of nitrogens with one attached hydrogen (secondary N) is 2. The summed E-state index contributed by atoms with van der Waals surface area (Å²) in [7, 11) is 3.14. The SMILES string of the molecule is CCN(CC)c1ccc(C=NNC(=O)C(C)NC(=O)c2ccc(OC)cc2)c(OC)c1. The second-order valence-electron chi connectivity index (χ2n) is 6.76. The first-order valence-electron chi connectivity index (χ1n) is 10.1. The number of hydrogen-bond acceptors (Lipinski definition) is 6. The molecule has 31 heavy (non-hydrogen) atoms. The Morgan fingerprint density at radius 1 is 1.06 bits per heavy atom. The number of hydrogen-bond donors (Lipinski definition) is 2. The molecule has 0 aliphatic rings. The van der Waals surface area contributed by atoms with Crippen LogP contribution in [0, 0.1) is 0 Å². The maximum atomic E-state index is 12.3. The molecule has 1 unspecified atom stereocenters. The zero-order valence-electron chi connectivity index (χ0n) is 18.6. The predicted octanol–water partition coefficient (Wildman–Crippen LogP) is 2.82. The lowest BCUT2D eigenvalue weighted by atomic mass is 10.2. The maximum Gasteiger partial charge on any atom is 0.262 e. The van der Waals surface area contributed by atoms with E-state index in [0.717, 1.165) is 24.3 Å². The molecule has 0 saturated heterocycles. The van der Waals surface area contributed by atoms with Crippen molar-refractivity contribution in [1.82, 2.24) is 10.7 Å². The summed E-state index contributed by atoms with van der Waals surface area (Å²) in [6.45, 7) is 7.56. The largest absolute Gasteiger partial charge is 0.497 e. The lowest BCUT2D eigenvalue weighted by Crippen LogP contribution is -2.43. The summed E-state index contributed by atoms with van der Waals surface area (Å²) in [4.78, 5) is 26.8. The molecule has 2 rings (SSSR count). The van der Waals surface area contributed by atoms with Crippen molar-refractivity contribution in [1.29, 1.82) is 0 Å². The highest BCUT2D eigenvalue weighted by Gasteiger charge is 2.16. The van der Waals surface area contributed by atoms with Gasteiger partial charge in [0, 0.05) is 36.0 Å². The monoisotopic (exact) mass is 426 g/mol. The normalized spacial score (nSPS) is 11.6. The number of amides is 2. The van der Waals surface area contributed by atoms with Crippen molar-refractivity contribution in [3.8, 4) is 11.5 Å². The number of rotatable bonds is 10. The van der Waals surface area contributed by atoms with Gasteiger partial charge in [0.2, 0.25) is 0 Å². The molecule has 1 atom stereocenters. The fourth-order valence-corrected chi connectivity index (χ4v) is 2.94. The Balaban J connectivity index is 1.96. The van der Waals surface area contributed by atoms with Gasteiger partial charge in [-0.2, -0.15) is 5.10 Å². The molecule has 0 radical (unpaired) electrons.